The van der Waals surface area contributed by atoms with Crippen LogP contribution in [-0.4, -0.2) is 12.5 Å². The van der Waals surface area contributed by atoms with E-state index in [9.17, 15) is 9.59 Å². The molecule has 0 spiro atoms. The fraction of sp³-hybridized carbons (Fsp3) is 0.200. The predicted molar refractivity (Wildman–Crippen MR) is 119 cm³/mol. The first kappa shape index (κ1) is 20.5. The van der Waals surface area contributed by atoms with Crippen molar-refractivity contribution in [1.82, 2.24) is 0 Å². The topological polar surface area (TPSA) is 81.7 Å². The van der Waals surface area contributed by atoms with E-state index in [1.165, 1.54) is 11.8 Å². The molecule has 2 aromatic heterocycles. The average molecular weight is 417 g/mol. The van der Waals surface area contributed by atoms with E-state index in [0.29, 0.717) is 22.4 Å². The molecule has 0 fully saturated rings. The van der Waals surface area contributed by atoms with Gasteiger partial charge in [-0.3, -0.25) is 9.59 Å². The maximum atomic E-state index is 13.0. The number of carbonyl (C=O) groups excluding carboxylic acids is 1. The number of furan rings is 1. The maximum Gasteiger partial charge on any atom is 0.262 e. The summed E-state index contributed by atoms with van der Waals surface area (Å²) in [6, 6.07) is 17.9. The van der Waals surface area contributed by atoms with E-state index in [4.69, 9.17) is 13.6 Å². The van der Waals surface area contributed by atoms with Gasteiger partial charge in [0.2, 0.25) is 16.9 Å². The zero-order chi connectivity index (χ0) is 21.6. The Hall–Kier alpha value is -3.80. The fourth-order valence-electron chi connectivity index (χ4n) is 3.30. The van der Waals surface area contributed by atoms with E-state index >= 15 is 0 Å². The van der Waals surface area contributed by atoms with Crippen molar-refractivity contribution >= 4 is 22.6 Å². The van der Waals surface area contributed by atoms with Crippen LogP contribution in [0, 0.1) is 0 Å². The second-order valence-electron chi connectivity index (χ2n) is 7.20. The highest BCUT2D eigenvalue weighted by Crippen LogP contribution is 2.31. The number of aryl methyl sites for hydroxylation is 1. The minimum atomic E-state index is -0.376. The van der Waals surface area contributed by atoms with E-state index in [-0.39, 0.29) is 29.5 Å². The molecule has 1 N–H and O–H groups in total. The van der Waals surface area contributed by atoms with Gasteiger partial charge in [0.15, 0.2) is 12.4 Å². The summed E-state index contributed by atoms with van der Waals surface area (Å²) in [6.45, 7) is 1.82. The zero-order valence-electron chi connectivity index (χ0n) is 17.2. The highest BCUT2D eigenvalue weighted by molar-refractivity contribution is 5.92. The Labute approximate surface area is 179 Å². The zero-order valence-corrected chi connectivity index (χ0v) is 17.2. The molecular formula is C25H23NO5. The molecule has 0 aliphatic heterocycles. The molecule has 1 amide bonds. The van der Waals surface area contributed by atoms with Crippen molar-refractivity contribution in [2.24, 2.45) is 0 Å². The molecule has 2 heterocycles. The molecule has 0 aliphatic carbocycles. The fourth-order valence-corrected chi connectivity index (χ4v) is 3.30. The Kier molecular flexibility index (Phi) is 6.17. The number of ether oxygens (including phenoxy) is 1. The lowest BCUT2D eigenvalue weighted by Crippen LogP contribution is -2.22. The third-order valence-corrected chi connectivity index (χ3v) is 4.91. The van der Waals surface area contributed by atoms with Gasteiger partial charge in [-0.15, -0.1) is 0 Å². The standard InChI is InChI=1S/C25H23NO5/c1-2-3-7-17-11-13-18(14-12-17)26-22(27)16-30-25-23(28)19-8-4-5-9-20(19)31-24(25)21-10-6-15-29-21/h4-6,8-15H,2-3,7,16H2,1H3,(H,26,27). The van der Waals surface area contributed by atoms with E-state index in [1.54, 1.807) is 36.4 Å². The van der Waals surface area contributed by atoms with Crippen molar-refractivity contribution in [2.45, 2.75) is 26.2 Å². The van der Waals surface area contributed by atoms with Gasteiger partial charge < -0.3 is 18.9 Å². The molecule has 6 nitrogen and oxygen atoms in total. The van der Waals surface area contributed by atoms with Crippen molar-refractivity contribution in [3.63, 3.8) is 0 Å². The van der Waals surface area contributed by atoms with Crippen LogP contribution < -0.4 is 15.5 Å². The van der Waals surface area contributed by atoms with E-state index in [1.807, 2.05) is 24.3 Å². The Bertz CT molecular complexity index is 1220. The van der Waals surface area contributed by atoms with Crippen LogP contribution in [0.15, 0.2) is 80.6 Å². The number of amides is 1. The van der Waals surface area contributed by atoms with Crippen LogP contribution in [0.3, 0.4) is 0 Å². The average Bonchev–Trinajstić information content (AvgIpc) is 3.33. The Morgan fingerprint density at radius 1 is 1.03 bits per heavy atom. The van der Waals surface area contributed by atoms with Crippen molar-refractivity contribution < 1.29 is 18.4 Å². The molecule has 31 heavy (non-hydrogen) atoms. The van der Waals surface area contributed by atoms with E-state index in [0.717, 1.165) is 19.3 Å². The minimum absolute atomic E-state index is 0.0567. The Morgan fingerprint density at radius 3 is 2.58 bits per heavy atom. The Morgan fingerprint density at radius 2 is 1.84 bits per heavy atom. The van der Waals surface area contributed by atoms with Crippen LogP contribution in [0.1, 0.15) is 25.3 Å². The lowest BCUT2D eigenvalue weighted by atomic mass is 10.1. The van der Waals surface area contributed by atoms with Crippen molar-refractivity contribution in [3.8, 4) is 17.3 Å². The van der Waals surface area contributed by atoms with Crippen LogP contribution in [-0.2, 0) is 11.2 Å². The Balaban J connectivity index is 1.52. The number of hydrogen-bond acceptors (Lipinski definition) is 5. The normalized spacial score (nSPS) is 10.9. The van der Waals surface area contributed by atoms with Crippen LogP contribution >= 0.6 is 0 Å². The summed E-state index contributed by atoms with van der Waals surface area (Å²) in [5.41, 5.74) is 1.96. The number of nitrogens with one attached hydrogen (secondary N) is 1. The molecule has 2 aromatic carbocycles. The third-order valence-electron chi connectivity index (χ3n) is 4.91. The number of rotatable bonds is 8. The smallest absolute Gasteiger partial charge is 0.262 e. The number of carbonyl (C=O) groups is 1. The predicted octanol–water partition coefficient (Wildman–Crippen LogP) is 5.41. The molecule has 6 heteroatoms. The largest absolute Gasteiger partial charge is 0.476 e. The summed E-state index contributed by atoms with van der Waals surface area (Å²) in [5, 5.41) is 3.16. The number of hydrogen-bond donors (Lipinski definition) is 1. The van der Waals surface area contributed by atoms with Gasteiger partial charge in [-0.25, -0.2) is 0 Å². The molecule has 0 atom stereocenters. The molecule has 0 bridgehead atoms. The van der Waals surface area contributed by atoms with Crippen LogP contribution in [0.5, 0.6) is 5.75 Å². The van der Waals surface area contributed by atoms with Gasteiger partial charge in [-0.1, -0.05) is 37.6 Å². The number of anilines is 1. The molecule has 158 valence electrons. The molecule has 0 saturated heterocycles. The first-order valence-electron chi connectivity index (χ1n) is 10.3. The monoisotopic (exact) mass is 417 g/mol. The second-order valence-corrected chi connectivity index (χ2v) is 7.20. The minimum Gasteiger partial charge on any atom is -0.476 e. The first-order chi connectivity index (χ1) is 15.2. The summed E-state index contributed by atoms with van der Waals surface area (Å²) in [7, 11) is 0. The van der Waals surface area contributed by atoms with Crippen molar-refractivity contribution in [2.75, 3.05) is 11.9 Å². The molecule has 0 saturated carbocycles. The molecule has 0 aliphatic rings. The highest BCUT2D eigenvalue weighted by atomic mass is 16.5. The van der Waals surface area contributed by atoms with E-state index < -0.39 is 0 Å². The lowest BCUT2D eigenvalue weighted by molar-refractivity contribution is -0.118. The van der Waals surface area contributed by atoms with Crippen LogP contribution in [0.4, 0.5) is 5.69 Å². The molecule has 0 radical (unpaired) electrons. The SMILES string of the molecule is CCCCc1ccc(NC(=O)COc2c(-c3ccco3)oc3ccccc3c2=O)cc1. The van der Waals surface area contributed by atoms with Gasteiger partial charge in [0.25, 0.3) is 5.91 Å². The van der Waals surface area contributed by atoms with Gasteiger partial charge >= 0.3 is 0 Å². The van der Waals surface area contributed by atoms with Crippen molar-refractivity contribution in [1.29, 1.82) is 0 Å². The number of unbranched alkanes of at least 4 members (excludes halogenated alkanes) is 1. The van der Waals surface area contributed by atoms with Crippen LogP contribution in [0.2, 0.25) is 0 Å². The number of benzene rings is 2. The van der Waals surface area contributed by atoms with Gasteiger partial charge in [0, 0.05) is 5.69 Å². The molecule has 4 rings (SSSR count). The first-order valence-corrected chi connectivity index (χ1v) is 10.3. The highest BCUT2D eigenvalue weighted by Gasteiger charge is 2.20. The summed E-state index contributed by atoms with van der Waals surface area (Å²) in [4.78, 5) is 25.4. The molecular weight excluding hydrogens is 394 g/mol. The van der Waals surface area contributed by atoms with Gasteiger partial charge in [0.1, 0.15) is 5.58 Å². The quantitative estimate of drug-likeness (QED) is 0.414. The second kappa shape index (κ2) is 9.34. The summed E-state index contributed by atoms with van der Waals surface area (Å²) < 4.78 is 16.9. The van der Waals surface area contributed by atoms with Gasteiger partial charge in [0.05, 0.1) is 11.6 Å². The van der Waals surface area contributed by atoms with E-state index in [2.05, 4.69) is 12.2 Å². The summed E-state index contributed by atoms with van der Waals surface area (Å²) in [5.74, 6) is 0.0701. The number of para-hydroxylation sites is 1. The summed E-state index contributed by atoms with van der Waals surface area (Å²) in [6.07, 6.45) is 4.76. The van der Waals surface area contributed by atoms with Crippen molar-refractivity contribution in [3.05, 3.63) is 82.7 Å². The number of fused-ring (bicyclic) bond motifs is 1. The molecule has 4 aromatic rings. The lowest BCUT2D eigenvalue weighted by Gasteiger charge is -2.11. The van der Waals surface area contributed by atoms with Gasteiger partial charge in [-0.2, -0.15) is 0 Å². The summed E-state index contributed by atoms with van der Waals surface area (Å²) >= 11 is 0. The third kappa shape index (κ3) is 4.69. The van der Waals surface area contributed by atoms with Gasteiger partial charge in [-0.05, 0) is 54.8 Å². The molecule has 0 unspecified atom stereocenters. The van der Waals surface area contributed by atoms with Crippen LogP contribution in [0.25, 0.3) is 22.5 Å². The maximum absolute atomic E-state index is 13.0.